The molecule has 1 aromatic rings. The standard InChI is InChI=1S/C13H19IN2OS/c1-9-12(14)10(2)16(15-9)11-3-5-17-13(7-11)4-6-18-8-13/h11H,3-8H2,1-2H3. The van der Waals surface area contributed by atoms with Crippen molar-refractivity contribution in [3.05, 3.63) is 15.0 Å². The Morgan fingerprint density at radius 1 is 1.50 bits per heavy atom. The molecule has 0 aliphatic carbocycles. The molecule has 3 rings (SSSR count). The molecule has 3 heterocycles. The van der Waals surface area contributed by atoms with Gasteiger partial charge in [0, 0.05) is 18.1 Å². The van der Waals surface area contributed by atoms with E-state index in [2.05, 4.69) is 41.1 Å². The first-order valence-corrected chi connectivity index (χ1v) is 8.78. The zero-order chi connectivity index (χ0) is 12.8. The quantitative estimate of drug-likeness (QED) is 0.702. The summed E-state index contributed by atoms with van der Waals surface area (Å²) >= 11 is 4.44. The number of nitrogens with zero attached hydrogens (tertiary/aromatic N) is 2. The van der Waals surface area contributed by atoms with Crippen molar-refractivity contribution in [2.45, 2.75) is 44.8 Å². The van der Waals surface area contributed by atoms with Crippen LogP contribution >= 0.6 is 34.4 Å². The summed E-state index contributed by atoms with van der Waals surface area (Å²) < 4.78 is 9.66. The molecule has 2 unspecified atom stereocenters. The van der Waals surface area contributed by atoms with Gasteiger partial charge in [0.1, 0.15) is 0 Å². The van der Waals surface area contributed by atoms with Crippen LogP contribution in [0.5, 0.6) is 0 Å². The molecule has 0 bridgehead atoms. The predicted octanol–water partition coefficient (Wildman–Crippen LogP) is 3.33. The molecule has 0 saturated carbocycles. The highest BCUT2D eigenvalue weighted by Crippen LogP contribution is 2.42. The molecule has 5 heteroatoms. The maximum absolute atomic E-state index is 6.09. The van der Waals surface area contributed by atoms with Crippen molar-refractivity contribution in [2.75, 3.05) is 18.1 Å². The second-order valence-corrected chi connectivity index (χ2v) is 7.59. The Hall–Kier alpha value is 0.250. The molecule has 1 aromatic heterocycles. The molecule has 2 atom stereocenters. The molecule has 0 radical (unpaired) electrons. The van der Waals surface area contributed by atoms with E-state index < -0.39 is 0 Å². The summed E-state index contributed by atoms with van der Waals surface area (Å²) in [6, 6.07) is 0.527. The van der Waals surface area contributed by atoms with Gasteiger partial charge < -0.3 is 4.74 Å². The van der Waals surface area contributed by atoms with Crippen molar-refractivity contribution in [1.82, 2.24) is 9.78 Å². The molecule has 18 heavy (non-hydrogen) atoms. The van der Waals surface area contributed by atoms with Gasteiger partial charge in [0.25, 0.3) is 0 Å². The van der Waals surface area contributed by atoms with Gasteiger partial charge in [-0.1, -0.05) is 0 Å². The molecule has 2 aliphatic heterocycles. The Balaban J connectivity index is 1.85. The zero-order valence-electron chi connectivity index (χ0n) is 10.9. The predicted molar refractivity (Wildman–Crippen MR) is 83.3 cm³/mol. The number of rotatable bonds is 1. The molecule has 2 saturated heterocycles. The van der Waals surface area contributed by atoms with Crippen LogP contribution in [0, 0.1) is 17.4 Å². The van der Waals surface area contributed by atoms with Gasteiger partial charge in [0.2, 0.25) is 0 Å². The zero-order valence-corrected chi connectivity index (χ0v) is 13.9. The maximum atomic E-state index is 6.09. The summed E-state index contributed by atoms with van der Waals surface area (Å²) in [4.78, 5) is 0. The lowest BCUT2D eigenvalue weighted by Gasteiger charge is -2.38. The fraction of sp³-hybridized carbons (Fsp3) is 0.769. The van der Waals surface area contributed by atoms with Crippen molar-refractivity contribution < 1.29 is 4.74 Å². The van der Waals surface area contributed by atoms with E-state index in [0.29, 0.717) is 6.04 Å². The smallest absolute Gasteiger partial charge is 0.0800 e. The van der Waals surface area contributed by atoms with Crippen molar-refractivity contribution in [3.8, 4) is 0 Å². The normalized spacial score (nSPS) is 32.3. The molecule has 1 spiro atoms. The minimum absolute atomic E-state index is 0.144. The first-order chi connectivity index (χ1) is 8.61. The minimum atomic E-state index is 0.144. The van der Waals surface area contributed by atoms with Gasteiger partial charge in [0.15, 0.2) is 0 Å². The third-order valence-corrected chi connectivity index (χ3v) is 6.90. The number of ether oxygens (including phenoxy) is 1. The summed E-state index contributed by atoms with van der Waals surface area (Å²) in [5, 5.41) is 4.73. The van der Waals surface area contributed by atoms with E-state index in [1.54, 1.807) is 0 Å². The van der Waals surface area contributed by atoms with Crippen LogP contribution in [0.3, 0.4) is 0 Å². The summed E-state index contributed by atoms with van der Waals surface area (Å²) in [5.41, 5.74) is 2.63. The molecule has 100 valence electrons. The van der Waals surface area contributed by atoms with E-state index in [4.69, 9.17) is 9.84 Å². The van der Waals surface area contributed by atoms with Crippen LogP contribution in [-0.2, 0) is 4.74 Å². The molecule has 0 aromatic carbocycles. The monoisotopic (exact) mass is 378 g/mol. The fourth-order valence-electron chi connectivity index (χ4n) is 3.07. The molecule has 0 N–H and O–H groups in total. The minimum Gasteiger partial charge on any atom is -0.374 e. The van der Waals surface area contributed by atoms with Crippen LogP contribution in [0.15, 0.2) is 0 Å². The van der Waals surface area contributed by atoms with Gasteiger partial charge in [0.05, 0.1) is 20.9 Å². The van der Waals surface area contributed by atoms with Gasteiger partial charge >= 0.3 is 0 Å². The van der Waals surface area contributed by atoms with Crippen LogP contribution in [-0.4, -0.2) is 33.5 Å². The van der Waals surface area contributed by atoms with E-state index in [1.165, 1.54) is 27.2 Å². The number of halogens is 1. The Morgan fingerprint density at radius 3 is 2.94 bits per heavy atom. The van der Waals surface area contributed by atoms with Crippen molar-refractivity contribution >= 4 is 34.4 Å². The second kappa shape index (κ2) is 4.98. The number of aryl methyl sites for hydroxylation is 1. The van der Waals surface area contributed by atoms with Crippen molar-refractivity contribution in [3.63, 3.8) is 0 Å². The van der Waals surface area contributed by atoms with Crippen LogP contribution in [0.1, 0.15) is 36.7 Å². The molecule has 2 fully saturated rings. The van der Waals surface area contributed by atoms with Crippen LogP contribution in [0.2, 0.25) is 0 Å². The molecule has 2 aliphatic rings. The topological polar surface area (TPSA) is 27.1 Å². The van der Waals surface area contributed by atoms with Crippen molar-refractivity contribution in [2.24, 2.45) is 0 Å². The van der Waals surface area contributed by atoms with Crippen molar-refractivity contribution in [1.29, 1.82) is 0 Å². The average molecular weight is 378 g/mol. The Bertz CT molecular complexity index is 454. The Labute approximate surface area is 126 Å². The average Bonchev–Trinajstić information content (AvgIpc) is 2.90. The highest BCUT2D eigenvalue weighted by Gasteiger charge is 2.41. The first kappa shape index (κ1) is 13.2. The molecular weight excluding hydrogens is 359 g/mol. The van der Waals surface area contributed by atoms with Gasteiger partial charge in [-0.2, -0.15) is 16.9 Å². The first-order valence-electron chi connectivity index (χ1n) is 6.54. The van der Waals surface area contributed by atoms with E-state index in [1.807, 2.05) is 11.8 Å². The summed E-state index contributed by atoms with van der Waals surface area (Å²) in [5.74, 6) is 2.42. The number of hydrogen-bond acceptors (Lipinski definition) is 3. The van der Waals surface area contributed by atoms with Crippen LogP contribution < -0.4 is 0 Å². The van der Waals surface area contributed by atoms with E-state index in [-0.39, 0.29) is 5.60 Å². The van der Waals surface area contributed by atoms with Gasteiger partial charge in [-0.25, -0.2) is 0 Å². The van der Waals surface area contributed by atoms with E-state index in [9.17, 15) is 0 Å². The summed E-state index contributed by atoms with van der Waals surface area (Å²) in [7, 11) is 0. The Kier molecular flexibility index (Phi) is 3.66. The van der Waals surface area contributed by atoms with Gasteiger partial charge in [-0.05, 0) is 61.5 Å². The third kappa shape index (κ3) is 2.22. The molecular formula is C13H19IN2OS. The lowest BCUT2D eigenvalue weighted by molar-refractivity contribution is -0.0781. The number of hydrogen-bond donors (Lipinski definition) is 0. The maximum Gasteiger partial charge on any atom is 0.0800 e. The molecule has 0 amide bonds. The third-order valence-electron chi connectivity index (χ3n) is 4.12. The number of thioether (sulfide) groups is 1. The SMILES string of the molecule is Cc1nn(C2CCOC3(CCSC3)C2)c(C)c1I. The van der Waals surface area contributed by atoms with E-state index >= 15 is 0 Å². The lowest BCUT2D eigenvalue weighted by atomic mass is 9.90. The van der Waals surface area contributed by atoms with Crippen LogP contribution in [0.25, 0.3) is 0 Å². The summed E-state index contributed by atoms with van der Waals surface area (Å²) in [6.07, 6.45) is 3.45. The molecule has 3 nitrogen and oxygen atoms in total. The van der Waals surface area contributed by atoms with Gasteiger partial charge in [-0.3, -0.25) is 4.68 Å². The lowest BCUT2D eigenvalue weighted by Crippen LogP contribution is -2.41. The summed E-state index contributed by atoms with van der Waals surface area (Å²) in [6.45, 7) is 5.18. The highest BCUT2D eigenvalue weighted by molar-refractivity contribution is 14.1. The fourth-order valence-corrected chi connectivity index (χ4v) is 4.81. The largest absolute Gasteiger partial charge is 0.374 e. The number of aromatic nitrogens is 2. The van der Waals surface area contributed by atoms with E-state index in [0.717, 1.165) is 25.1 Å². The highest BCUT2D eigenvalue weighted by atomic mass is 127. The van der Waals surface area contributed by atoms with Gasteiger partial charge in [-0.15, -0.1) is 0 Å². The second-order valence-electron chi connectivity index (χ2n) is 5.41. The Morgan fingerprint density at radius 2 is 2.33 bits per heavy atom. The van der Waals surface area contributed by atoms with Crippen LogP contribution in [0.4, 0.5) is 0 Å².